The van der Waals surface area contributed by atoms with Gasteiger partial charge in [0, 0.05) is 11.0 Å². The van der Waals surface area contributed by atoms with Crippen LogP contribution >= 0.6 is 15.9 Å². The van der Waals surface area contributed by atoms with Gasteiger partial charge >= 0.3 is 0 Å². The van der Waals surface area contributed by atoms with Gasteiger partial charge in [-0.2, -0.15) is 5.26 Å². The van der Waals surface area contributed by atoms with Gasteiger partial charge in [0.25, 0.3) is 5.91 Å². The highest BCUT2D eigenvalue weighted by atomic mass is 79.9. The van der Waals surface area contributed by atoms with E-state index in [1.165, 1.54) is 4.90 Å². The molecule has 1 unspecified atom stereocenters. The first-order valence-electron chi connectivity index (χ1n) is 5.39. The summed E-state index contributed by atoms with van der Waals surface area (Å²) in [6, 6.07) is 3.44. The molecule has 6 heteroatoms. The minimum Gasteiger partial charge on any atom is -0.322 e. The number of hydrogen-bond donors (Lipinski definition) is 0. The molecule has 1 aromatic rings. The number of nitriles is 1. The van der Waals surface area contributed by atoms with Crippen molar-refractivity contribution in [2.24, 2.45) is 0 Å². The summed E-state index contributed by atoms with van der Waals surface area (Å²) in [6.07, 6.45) is 1.21. The summed E-state index contributed by atoms with van der Waals surface area (Å²) in [7, 11) is 0. The molecular weight excluding hydrogens is 306 g/mol. The van der Waals surface area contributed by atoms with E-state index < -0.39 is 29.1 Å². The van der Waals surface area contributed by atoms with Crippen molar-refractivity contribution in [1.29, 1.82) is 5.26 Å². The van der Waals surface area contributed by atoms with E-state index in [-0.39, 0.29) is 4.47 Å². The van der Waals surface area contributed by atoms with Gasteiger partial charge in [0.2, 0.25) is 0 Å². The third kappa shape index (κ3) is 2.23. The Kier molecular flexibility index (Phi) is 3.62. The monoisotopic (exact) mass is 314 g/mol. The molecular formula is C12H9BrF2N2O. The number of likely N-dealkylation sites (tertiary alicyclic amines) is 1. The summed E-state index contributed by atoms with van der Waals surface area (Å²) in [5.74, 6) is -2.60. The van der Waals surface area contributed by atoms with Gasteiger partial charge in [-0.25, -0.2) is 8.78 Å². The normalized spacial score (nSPS) is 18.8. The molecule has 0 bridgehead atoms. The smallest absolute Gasteiger partial charge is 0.260 e. The molecule has 94 valence electrons. The van der Waals surface area contributed by atoms with Gasteiger partial charge in [0.1, 0.15) is 23.2 Å². The molecule has 0 N–H and O–H groups in total. The fraction of sp³-hybridized carbons (Fsp3) is 0.333. The zero-order valence-electron chi connectivity index (χ0n) is 9.29. The van der Waals surface area contributed by atoms with Crippen LogP contribution in [0.25, 0.3) is 0 Å². The lowest BCUT2D eigenvalue weighted by Gasteiger charge is -2.20. The maximum atomic E-state index is 13.6. The first-order chi connectivity index (χ1) is 8.54. The molecule has 1 amide bonds. The zero-order chi connectivity index (χ0) is 13.3. The molecule has 0 aliphatic carbocycles. The molecule has 1 saturated heterocycles. The number of benzene rings is 1. The van der Waals surface area contributed by atoms with Crippen molar-refractivity contribution in [2.45, 2.75) is 18.9 Å². The first-order valence-corrected chi connectivity index (χ1v) is 6.19. The minimum absolute atomic E-state index is 0.229. The van der Waals surface area contributed by atoms with E-state index >= 15 is 0 Å². The predicted molar refractivity (Wildman–Crippen MR) is 63.7 cm³/mol. The van der Waals surface area contributed by atoms with E-state index in [1.54, 1.807) is 0 Å². The highest BCUT2D eigenvalue weighted by Gasteiger charge is 2.32. The van der Waals surface area contributed by atoms with Gasteiger partial charge in [0.15, 0.2) is 0 Å². The number of carbonyl (C=O) groups excluding carboxylic acids is 1. The quantitative estimate of drug-likeness (QED) is 0.800. The molecule has 0 saturated carbocycles. The van der Waals surface area contributed by atoms with Crippen LogP contribution in [0, 0.1) is 23.0 Å². The summed E-state index contributed by atoms with van der Waals surface area (Å²) in [5.41, 5.74) is -0.597. The predicted octanol–water partition coefficient (Wildman–Crippen LogP) is 2.86. The number of rotatable bonds is 1. The Labute approximate surface area is 111 Å². The second-order valence-electron chi connectivity index (χ2n) is 4.03. The summed E-state index contributed by atoms with van der Waals surface area (Å²) >= 11 is 2.95. The Morgan fingerprint density at radius 2 is 2.06 bits per heavy atom. The molecule has 1 heterocycles. The Bertz CT molecular complexity index is 518. The number of amides is 1. The van der Waals surface area contributed by atoms with Crippen LogP contribution in [0.2, 0.25) is 0 Å². The highest BCUT2D eigenvalue weighted by molar-refractivity contribution is 9.10. The summed E-state index contributed by atoms with van der Waals surface area (Å²) in [5, 5.41) is 8.88. The van der Waals surface area contributed by atoms with Crippen molar-refractivity contribution in [3.63, 3.8) is 0 Å². The topological polar surface area (TPSA) is 44.1 Å². The fourth-order valence-corrected chi connectivity index (χ4v) is 2.44. The van der Waals surface area contributed by atoms with E-state index in [1.807, 2.05) is 6.07 Å². The van der Waals surface area contributed by atoms with E-state index in [2.05, 4.69) is 15.9 Å². The first kappa shape index (κ1) is 13.0. The van der Waals surface area contributed by atoms with Gasteiger partial charge in [-0.15, -0.1) is 0 Å². The minimum atomic E-state index is -0.921. The Balaban J connectivity index is 2.38. The third-order valence-electron chi connectivity index (χ3n) is 2.88. The van der Waals surface area contributed by atoms with Crippen LogP contribution in [0.5, 0.6) is 0 Å². The fourth-order valence-electron chi connectivity index (χ4n) is 2.03. The number of carbonyl (C=O) groups is 1. The van der Waals surface area contributed by atoms with Crippen molar-refractivity contribution in [1.82, 2.24) is 4.90 Å². The van der Waals surface area contributed by atoms with Crippen LogP contribution < -0.4 is 0 Å². The van der Waals surface area contributed by atoms with Crippen LogP contribution in [0.15, 0.2) is 16.6 Å². The number of halogens is 3. The molecule has 1 aliphatic rings. The average Bonchev–Trinajstić information content (AvgIpc) is 2.75. The van der Waals surface area contributed by atoms with Crippen LogP contribution in [-0.2, 0) is 0 Å². The molecule has 1 fully saturated rings. The molecule has 0 spiro atoms. The standard InChI is InChI=1S/C12H9BrF2N2O/c13-7-4-9(14)11(10(15)5-7)12(18)17-3-1-2-8(17)6-16/h4-5,8H,1-3H2. The van der Waals surface area contributed by atoms with Crippen LogP contribution in [0.3, 0.4) is 0 Å². The number of nitrogens with zero attached hydrogens (tertiary/aromatic N) is 2. The van der Waals surface area contributed by atoms with Crippen molar-refractivity contribution in [2.75, 3.05) is 6.54 Å². The molecule has 2 rings (SSSR count). The van der Waals surface area contributed by atoms with E-state index in [4.69, 9.17) is 5.26 Å². The van der Waals surface area contributed by atoms with Crippen molar-refractivity contribution in [3.05, 3.63) is 33.8 Å². The average molecular weight is 315 g/mol. The lowest BCUT2D eigenvalue weighted by atomic mass is 10.1. The van der Waals surface area contributed by atoms with E-state index in [0.29, 0.717) is 19.4 Å². The summed E-state index contributed by atoms with van der Waals surface area (Å²) < 4.78 is 27.5. The second-order valence-corrected chi connectivity index (χ2v) is 4.95. The van der Waals surface area contributed by atoms with E-state index in [0.717, 1.165) is 12.1 Å². The molecule has 3 nitrogen and oxygen atoms in total. The molecule has 1 atom stereocenters. The molecule has 1 aliphatic heterocycles. The van der Waals surface area contributed by atoms with Gasteiger partial charge in [-0.1, -0.05) is 15.9 Å². The highest BCUT2D eigenvalue weighted by Crippen LogP contribution is 2.24. The SMILES string of the molecule is N#CC1CCCN1C(=O)c1c(F)cc(Br)cc1F. The van der Waals surface area contributed by atoms with E-state index in [9.17, 15) is 13.6 Å². The maximum absolute atomic E-state index is 13.6. The Morgan fingerprint density at radius 1 is 1.44 bits per heavy atom. The molecule has 0 radical (unpaired) electrons. The molecule has 18 heavy (non-hydrogen) atoms. The summed E-state index contributed by atoms with van der Waals surface area (Å²) in [6.45, 7) is 0.353. The Hall–Kier alpha value is -1.48. The van der Waals surface area contributed by atoms with Crippen LogP contribution in [0.1, 0.15) is 23.2 Å². The van der Waals surface area contributed by atoms with Crippen LogP contribution in [0.4, 0.5) is 8.78 Å². The lowest BCUT2D eigenvalue weighted by Crippen LogP contribution is -2.35. The third-order valence-corrected chi connectivity index (χ3v) is 3.34. The Morgan fingerprint density at radius 3 is 2.61 bits per heavy atom. The van der Waals surface area contributed by atoms with Gasteiger partial charge < -0.3 is 4.90 Å². The lowest BCUT2D eigenvalue weighted by molar-refractivity contribution is 0.0755. The molecule has 1 aromatic carbocycles. The van der Waals surface area contributed by atoms with Gasteiger partial charge in [-0.05, 0) is 25.0 Å². The number of hydrogen-bond acceptors (Lipinski definition) is 2. The van der Waals surface area contributed by atoms with Crippen molar-refractivity contribution < 1.29 is 13.6 Å². The van der Waals surface area contributed by atoms with Gasteiger partial charge in [0.05, 0.1) is 6.07 Å². The summed E-state index contributed by atoms with van der Waals surface area (Å²) in [4.78, 5) is 13.3. The molecule has 0 aromatic heterocycles. The largest absolute Gasteiger partial charge is 0.322 e. The maximum Gasteiger partial charge on any atom is 0.260 e. The van der Waals surface area contributed by atoms with Crippen LogP contribution in [-0.4, -0.2) is 23.4 Å². The second kappa shape index (κ2) is 5.02. The van der Waals surface area contributed by atoms with Crippen molar-refractivity contribution in [3.8, 4) is 6.07 Å². The zero-order valence-corrected chi connectivity index (χ0v) is 10.9. The van der Waals surface area contributed by atoms with Crippen molar-refractivity contribution >= 4 is 21.8 Å². The van der Waals surface area contributed by atoms with Gasteiger partial charge in [-0.3, -0.25) is 4.79 Å².